The first-order valence-corrected chi connectivity index (χ1v) is 6.59. The number of hydrogen-bond donors (Lipinski definition) is 1. The number of carbonyl (C=O) groups is 1. The van der Waals surface area contributed by atoms with Gasteiger partial charge in [0.15, 0.2) is 5.82 Å². The Morgan fingerprint density at radius 1 is 1.38 bits per heavy atom. The topological polar surface area (TPSA) is 68.0 Å². The second-order valence-electron chi connectivity index (χ2n) is 5.18. The molecule has 1 atom stereocenters. The Balaban J connectivity index is 2.13. The number of fused-ring (bicyclic) bond motifs is 1. The fourth-order valence-corrected chi connectivity index (χ4v) is 2.58. The molecule has 7 heteroatoms. The van der Waals surface area contributed by atoms with Crippen LogP contribution in [0.25, 0.3) is 11.4 Å². The Labute approximate surface area is 119 Å². The highest BCUT2D eigenvalue weighted by atomic mass is 19.1. The lowest BCUT2D eigenvalue weighted by Crippen LogP contribution is -2.27. The third kappa shape index (κ3) is 2.18. The maximum Gasteiger partial charge on any atom is 0.308 e. The molecule has 0 radical (unpaired) electrons. The molecule has 0 fully saturated rings. The number of hydrogen-bond acceptors (Lipinski definition) is 3. The fraction of sp³-hybridized carbons (Fsp3) is 0.357. The molecular weight excluding hydrogens is 280 g/mol. The molecule has 0 bridgehead atoms. The molecule has 1 unspecified atom stereocenters. The van der Waals surface area contributed by atoms with Gasteiger partial charge in [0.1, 0.15) is 17.5 Å². The van der Waals surface area contributed by atoms with Crippen molar-refractivity contribution in [3.8, 4) is 11.4 Å². The highest BCUT2D eigenvalue weighted by Gasteiger charge is 2.29. The molecule has 1 aliphatic rings. The zero-order valence-corrected chi connectivity index (χ0v) is 11.3. The number of nitrogens with zero attached hydrogens (tertiary/aromatic N) is 3. The standard InChI is InChI=1S/C14H13F2N3O2/c1-7-2-4-9(15)11(12(7)16)13-18-17-10-5-3-8(14(20)21)6-19(10)13/h2,4,8H,3,5-6H2,1H3,(H,20,21). The van der Waals surface area contributed by atoms with Gasteiger partial charge in [-0.05, 0) is 25.0 Å². The molecule has 1 aromatic heterocycles. The van der Waals surface area contributed by atoms with Gasteiger partial charge in [-0.1, -0.05) is 6.07 Å². The van der Waals surface area contributed by atoms with Crippen LogP contribution >= 0.6 is 0 Å². The van der Waals surface area contributed by atoms with Crippen LogP contribution in [0.5, 0.6) is 0 Å². The summed E-state index contributed by atoms with van der Waals surface area (Å²) in [5, 5.41) is 16.9. The van der Waals surface area contributed by atoms with Crippen LogP contribution in [0.3, 0.4) is 0 Å². The molecule has 0 amide bonds. The van der Waals surface area contributed by atoms with Crippen LogP contribution in [-0.2, 0) is 17.8 Å². The Morgan fingerprint density at radius 3 is 2.86 bits per heavy atom. The van der Waals surface area contributed by atoms with Gasteiger partial charge in [-0.15, -0.1) is 10.2 Å². The maximum atomic E-state index is 14.2. The van der Waals surface area contributed by atoms with Crippen LogP contribution in [0.2, 0.25) is 0 Å². The van der Waals surface area contributed by atoms with Crippen molar-refractivity contribution in [2.24, 2.45) is 5.92 Å². The summed E-state index contributed by atoms with van der Waals surface area (Å²) in [7, 11) is 0. The van der Waals surface area contributed by atoms with E-state index < -0.39 is 23.5 Å². The Hall–Kier alpha value is -2.31. The largest absolute Gasteiger partial charge is 0.481 e. The van der Waals surface area contributed by atoms with Crippen LogP contribution in [0, 0.1) is 24.5 Å². The van der Waals surface area contributed by atoms with Crippen LogP contribution in [0.15, 0.2) is 12.1 Å². The first-order valence-electron chi connectivity index (χ1n) is 6.59. The third-order valence-corrected chi connectivity index (χ3v) is 3.80. The zero-order chi connectivity index (χ0) is 15.1. The smallest absolute Gasteiger partial charge is 0.308 e. The molecule has 0 saturated heterocycles. The van der Waals surface area contributed by atoms with Gasteiger partial charge >= 0.3 is 5.97 Å². The fourth-order valence-electron chi connectivity index (χ4n) is 2.58. The summed E-state index contributed by atoms with van der Waals surface area (Å²) in [4.78, 5) is 11.1. The third-order valence-electron chi connectivity index (χ3n) is 3.80. The summed E-state index contributed by atoms with van der Waals surface area (Å²) in [6.45, 7) is 1.66. The summed E-state index contributed by atoms with van der Waals surface area (Å²) in [6, 6.07) is 2.52. The Bertz CT molecular complexity index is 727. The zero-order valence-electron chi connectivity index (χ0n) is 11.3. The van der Waals surface area contributed by atoms with Crippen molar-refractivity contribution in [1.29, 1.82) is 0 Å². The quantitative estimate of drug-likeness (QED) is 0.921. The average Bonchev–Trinajstić information content (AvgIpc) is 2.86. The average molecular weight is 293 g/mol. The molecule has 2 heterocycles. The number of aryl methyl sites for hydroxylation is 2. The van der Waals surface area contributed by atoms with Gasteiger partial charge in [0, 0.05) is 13.0 Å². The lowest BCUT2D eigenvalue weighted by atomic mass is 9.99. The number of carboxylic acid groups (broad SMARTS) is 1. The van der Waals surface area contributed by atoms with Crippen LogP contribution in [-0.4, -0.2) is 25.8 Å². The maximum absolute atomic E-state index is 14.2. The van der Waals surface area contributed by atoms with Crippen molar-refractivity contribution in [2.75, 3.05) is 0 Å². The van der Waals surface area contributed by atoms with Crippen molar-refractivity contribution in [1.82, 2.24) is 14.8 Å². The van der Waals surface area contributed by atoms with Crippen molar-refractivity contribution >= 4 is 5.97 Å². The number of aliphatic carboxylic acids is 1. The molecule has 1 aliphatic heterocycles. The Morgan fingerprint density at radius 2 is 2.14 bits per heavy atom. The van der Waals surface area contributed by atoms with Crippen molar-refractivity contribution in [2.45, 2.75) is 26.3 Å². The molecule has 3 rings (SSSR count). The second kappa shape index (κ2) is 4.91. The van der Waals surface area contributed by atoms with Gasteiger partial charge in [0.2, 0.25) is 0 Å². The van der Waals surface area contributed by atoms with Gasteiger partial charge in [-0.25, -0.2) is 8.78 Å². The predicted molar refractivity (Wildman–Crippen MR) is 69.6 cm³/mol. The highest BCUT2D eigenvalue weighted by Crippen LogP contribution is 2.30. The molecule has 0 aliphatic carbocycles. The van der Waals surface area contributed by atoms with Gasteiger partial charge < -0.3 is 9.67 Å². The highest BCUT2D eigenvalue weighted by molar-refractivity contribution is 5.70. The van der Waals surface area contributed by atoms with E-state index in [1.165, 1.54) is 23.6 Å². The number of benzene rings is 1. The van der Waals surface area contributed by atoms with Gasteiger partial charge in [0.05, 0.1) is 11.5 Å². The van der Waals surface area contributed by atoms with E-state index in [0.29, 0.717) is 24.2 Å². The van der Waals surface area contributed by atoms with Crippen molar-refractivity contribution in [3.05, 3.63) is 35.2 Å². The molecule has 5 nitrogen and oxygen atoms in total. The Kier molecular flexibility index (Phi) is 3.19. The minimum Gasteiger partial charge on any atom is -0.481 e. The number of aromatic nitrogens is 3. The van der Waals surface area contributed by atoms with E-state index in [1.54, 1.807) is 0 Å². The van der Waals surface area contributed by atoms with Crippen LogP contribution in [0.1, 0.15) is 17.8 Å². The first kappa shape index (κ1) is 13.7. The van der Waals surface area contributed by atoms with E-state index in [-0.39, 0.29) is 17.9 Å². The van der Waals surface area contributed by atoms with Crippen molar-refractivity contribution in [3.63, 3.8) is 0 Å². The minimum absolute atomic E-state index is 0.0506. The molecule has 0 spiro atoms. The van der Waals surface area contributed by atoms with E-state index in [4.69, 9.17) is 5.11 Å². The van der Waals surface area contributed by atoms with Crippen LogP contribution < -0.4 is 0 Å². The lowest BCUT2D eigenvalue weighted by molar-refractivity contribution is -0.142. The number of carboxylic acids is 1. The molecule has 1 aromatic carbocycles. The lowest BCUT2D eigenvalue weighted by Gasteiger charge is -2.21. The van der Waals surface area contributed by atoms with Gasteiger partial charge in [-0.2, -0.15) is 0 Å². The summed E-state index contributed by atoms with van der Waals surface area (Å²) in [5.74, 6) is -2.33. The van der Waals surface area contributed by atoms with Gasteiger partial charge in [-0.3, -0.25) is 4.79 Å². The summed E-state index contributed by atoms with van der Waals surface area (Å²) in [5.41, 5.74) is 0.0501. The van der Waals surface area contributed by atoms with E-state index >= 15 is 0 Å². The SMILES string of the molecule is Cc1ccc(F)c(-c2nnc3n2CC(C(=O)O)CC3)c1F. The minimum atomic E-state index is -0.925. The number of rotatable bonds is 2. The van der Waals surface area contributed by atoms with E-state index in [1.807, 2.05) is 0 Å². The molecule has 2 aromatic rings. The summed E-state index contributed by atoms with van der Waals surface area (Å²) >= 11 is 0. The normalized spacial score (nSPS) is 17.6. The second-order valence-corrected chi connectivity index (χ2v) is 5.18. The van der Waals surface area contributed by atoms with Crippen molar-refractivity contribution < 1.29 is 18.7 Å². The molecule has 110 valence electrons. The first-order chi connectivity index (χ1) is 9.99. The predicted octanol–water partition coefficient (Wildman–Crippen LogP) is 2.18. The van der Waals surface area contributed by atoms with Crippen LogP contribution in [0.4, 0.5) is 8.78 Å². The van der Waals surface area contributed by atoms with Gasteiger partial charge in [0.25, 0.3) is 0 Å². The molecule has 1 N–H and O–H groups in total. The molecule has 0 saturated carbocycles. The summed E-state index contributed by atoms with van der Waals surface area (Å²) in [6.07, 6.45) is 0.880. The van der Waals surface area contributed by atoms with E-state index in [9.17, 15) is 13.6 Å². The number of halogens is 2. The van der Waals surface area contributed by atoms with E-state index in [0.717, 1.165) is 0 Å². The van der Waals surface area contributed by atoms with E-state index in [2.05, 4.69) is 10.2 Å². The molecular formula is C14H13F2N3O2. The monoisotopic (exact) mass is 293 g/mol. The summed E-state index contributed by atoms with van der Waals surface area (Å²) < 4.78 is 29.7. The molecule has 21 heavy (non-hydrogen) atoms.